The number of aromatic hydroxyl groups is 6. The zero-order valence-corrected chi connectivity index (χ0v) is 42.8. The number of nitrogens with one attached hydrogen (secondary N) is 1. The van der Waals surface area contributed by atoms with Gasteiger partial charge in [-0.05, 0) is 200 Å². The Hall–Kier alpha value is -6.67. The third-order valence-electron chi connectivity index (χ3n) is 19.8. The Morgan fingerprint density at radius 2 is 1.63 bits per heavy atom. The summed E-state index contributed by atoms with van der Waals surface area (Å²) in [7, 11) is 0. The second-order valence-electron chi connectivity index (χ2n) is 23.4. The van der Waals surface area contributed by atoms with E-state index in [1.165, 1.54) is 28.8 Å². The van der Waals surface area contributed by atoms with Crippen LogP contribution in [-0.2, 0) is 29.7 Å². The first-order valence-corrected chi connectivity index (χ1v) is 27.6. The van der Waals surface area contributed by atoms with Gasteiger partial charge in [-0.3, -0.25) is 10.5 Å². The van der Waals surface area contributed by atoms with E-state index in [4.69, 9.17) is 15.2 Å². The van der Waals surface area contributed by atoms with Gasteiger partial charge in [-0.15, -0.1) is 0 Å². The van der Waals surface area contributed by atoms with Gasteiger partial charge >= 0.3 is 0 Å². The van der Waals surface area contributed by atoms with Gasteiger partial charge < -0.3 is 55.3 Å². The van der Waals surface area contributed by atoms with Crippen LogP contribution in [-0.4, -0.2) is 71.1 Å². The Bertz CT molecular complexity index is 3170. The Morgan fingerprint density at radius 3 is 2.45 bits per heavy atom. The molecule has 12 atom stereocenters. The average Bonchev–Trinajstić information content (AvgIpc) is 3.86. The van der Waals surface area contributed by atoms with Crippen molar-refractivity contribution in [3.63, 3.8) is 0 Å². The second kappa shape index (κ2) is 19.7. The van der Waals surface area contributed by atoms with Crippen molar-refractivity contribution in [1.29, 1.82) is 0 Å². The van der Waals surface area contributed by atoms with Crippen LogP contribution in [0.1, 0.15) is 127 Å². The predicted molar refractivity (Wildman–Crippen MR) is 286 cm³/mol. The first kappa shape index (κ1) is 50.2. The number of aliphatic hydroxyl groups is 2. The fraction of sp³-hybridized carbons (Fsp3) is 0.444. The lowest BCUT2D eigenvalue weighted by Crippen LogP contribution is -2.53. The molecule has 11 N–H and O–H groups in total. The lowest BCUT2D eigenvalue weighted by Gasteiger charge is -2.56. The number of phenols is 6. The standard InChI is InChI=1S/C63H70N2O11/c64-33-76-53-24-34(11-15-50(53)70)10-14-49(69)45-26-38(25-37-12-13-41(68)29-51(37)71)44-27-39-28-48(55(56(44)58(45)73)46-30-52(72)59(74)60(54(39)46)75-32-36-5-3-7-40(67)23-36)63-20-19-62(18-16-35(31-62)6-4-22-66)61(63)43-17-21-65-57(43)42-8-1-2-9-47(42)63/h1-3,5,7-9,11-13,15,17,21,23-24,29-30,35,38-39,44-45,48,55-56,58,61,65-68,70-74H,4,6,10,14,16,18-20,22,25-28,31-33,64H2/t35-,38-,39-,44+,45-,48-,55-,56-,58+,61-,62+,63-/m1/s1. The summed E-state index contributed by atoms with van der Waals surface area (Å²) in [6.45, 7) is 0.0391. The minimum absolute atomic E-state index is 0.00394. The number of rotatable bonds is 15. The molecule has 2 bridgehead atoms. The number of ketones is 1. The fourth-order valence-electron chi connectivity index (χ4n) is 17.0. The Labute approximate surface area is 443 Å². The largest absolute Gasteiger partial charge is 0.508 e. The third kappa shape index (κ3) is 8.26. The summed E-state index contributed by atoms with van der Waals surface area (Å²) in [5.74, 6) is -2.51. The van der Waals surface area contributed by atoms with E-state index in [1.54, 1.807) is 48.5 Å². The van der Waals surface area contributed by atoms with Crippen LogP contribution in [0, 0.1) is 40.9 Å². The second-order valence-corrected chi connectivity index (χ2v) is 23.4. The number of carbonyl (C=O) groups is 1. The molecule has 4 fully saturated rings. The molecule has 76 heavy (non-hydrogen) atoms. The highest BCUT2D eigenvalue weighted by Gasteiger charge is 2.69. The van der Waals surface area contributed by atoms with Gasteiger partial charge in [0.1, 0.15) is 36.4 Å². The van der Waals surface area contributed by atoms with Gasteiger partial charge in [0.2, 0.25) is 5.75 Å². The molecule has 7 aliphatic carbocycles. The number of Topliss-reactive ketones (excluding diaryl/α,β-unsaturated/α-hetero) is 1. The van der Waals surface area contributed by atoms with E-state index in [-0.39, 0.29) is 113 Å². The zero-order valence-electron chi connectivity index (χ0n) is 42.8. The number of ether oxygens (including phenoxy) is 2. The first-order valence-electron chi connectivity index (χ1n) is 27.6. The van der Waals surface area contributed by atoms with Crippen LogP contribution >= 0.6 is 0 Å². The van der Waals surface area contributed by atoms with E-state index in [1.807, 2.05) is 6.07 Å². The van der Waals surface area contributed by atoms with E-state index in [2.05, 4.69) is 41.5 Å². The van der Waals surface area contributed by atoms with Crippen molar-refractivity contribution in [1.82, 2.24) is 4.98 Å². The summed E-state index contributed by atoms with van der Waals surface area (Å²) >= 11 is 0. The molecule has 398 valence electrons. The van der Waals surface area contributed by atoms with Crippen molar-refractivity contribution in [2.24, 2.45) is 46.7 Å². The van der Waals surface area contributed by atoms with Crippen molar-refractivity contribution in [3.8, 4) is 57.3 Å². The molecule has 0 radical (unpaired) electrons. The molecular weight excluding hydrogens is 961 g/mol. The number of aromatic amines is 1. The van der Waals surface area contributed by atoms with E-state index in [0.29, 0.717) is 49.1 Å². The maximum atomic E-state index is 15.2. The maximum absolute atomic E-state index is 15.2. The van der Waals surface area contributed by atoms with Gasteiger partial charge in [-0.2, -0.15) is 0 Å². The van der Waals surface area contributed by atoms with Crippen molar-refractivity contribution in [2.75, 3.05) is 13.3 Å². The van der Waals surface area contributed by atoms with Crippen LogP contribution in [0.4, 0.5) is 0 Å². The number of fused-ring (bicyclic) bond motifs is 9. The molecule has 0 aliphatic heterocycles. The zero-order chi connectivity index (χ0) is 52.6. The van der Waals surface area contributed by atoms with Crippen molar-refractivity contribution >= 4 is 5.78 Å². The predicted octanol–water partition coefficient (Wildman–Crippen LogP) is 10.4. The number of benzene rings is 5. The maximum Gasteiger partial charge on any atom is 0.200 e. The van der Waals surface area contributed by atoms with Crippen molar-refractivity contribution < 1.29 is 55.1 Å². The van der Waals surface area contributed by atoms with Crippen LogP contribution in [0.15, 0.2) is 103 Å². The summed E-state index contributed by atoms with van der Waals surface area (Å²) in [5.41, 5.74) is 13.7. The minimum atomic E-state index is -1.12. The van der Waals surface area contributed by atoms with E-state index < -0.39 is 29.3 Å². The number of phenolic OH excluding ortho intramolecular Hbond substituents is 6. The van der Waals surface area contributed by atoms with Crippen molar-refractivity contribution in [2.45, 2.75) is 119 Å². The molecule has 1 aromatic heterocycles. The molecule has 1 spiro atoms. The summed E-state index contributed by atoms with van der Waals surface area (Å²) in [6, 6.07) is 29.2. The van der Waals surface area contributed by atoms with Gasteiger partial charge in [0.25, 0.3) is 0 Å². The normalized spacial score (nSPS) is 29.7. The molecule has 4 saturated carbocycles. The summed E-state index contributed by atoms with van der Waals surface area (Å²) in [6.07, 6.45) is 10.2. The molecule has 0 amide bonds. The number of H-pyrrole nitrogens is 1. The number of aliphatic hydroxyl groups excluding tert-OH is 2. The van der Waals surface area contributed by atoms with Gasteiger partial charge in [0.15, 0.2) is 23.0 Å². The SMILES string of the molecule is NCOc1cc(CCC(=O)[C@H]2C[C@@H](Cc3ccc(O)cc3O)[C@@H]3C[C@@H]4C[C@@H]([C@]56CC[C@]7(CC[C@@H](CCCO)C7)[C@H]5c5cc[nH]c5-c5ccccc56)[C@@H](c5cc(O)c(O)c(OCc6cccc(O)c6)c54)[C@@H]3[C@H]2O)ccc1O. The van der Waals surface area contributed by atoms with Crippen molar-refractivity contribution in [3.05, 3.63) is 142 Å². The molecule has 13 nitrogen and oxygen atoms in total. The molecule has 0 unspecified atom stereocenters. The van der Waals surface area contributed by atoms with E-state index in [0.717, 1.165) is 67.3 Å². The van der Waals surface area contributed by atoms with Crippen LogP contribution in [0.5, 0.6) is 46.0 Å². The average molecular weight is 1030 g/mol. The number of nitrogens with two attached hydrogens (primary N) is 1. The minimum Gasteiger partial charge on any atom is -0.508 e. The lowest BCUT2D eigenvalue weighted by molar-refractivity contribution is -0.136. The van der Waals surface area contributed by atoms with Crippen LogP contribution < -0.4 is 15.2 Å². The lowest BCUT2D eigenvalue weighted by atomic mass is 9.47. The summed E-state index contributed by atoms with van der Waals surface area (Å²) in [5, 5.41) is 90.5. The number of hydrogen-bond acceptors (Lipinski definition) is 12. The smallest absolute Gasteiger partial charge is 0.200 e. The topological polar surface area (TPSA) is 239 Å². The number of carbonyl (C=O) groups excluding carboxylic acids is 1. The van der Waals surface area contributed by atoms with Gasteiger partial charge in [0, 0.05) is 59.4 Å². The molecule has 13 heteroatoms. The summed E-state index contributed by atoms with van der Waals surface area (Å²) < 4.78 is 12.2. The molecule has 6 aromatic rings. The fourth-order valence-corrected chi connectivity index (χ4v) is 17.0. The molecule has 5 aromatic carbocycles. The van der Waals surface area contributed by atoms with Crippen LogP contribution in [0.25, 0.3) is 11.3 Å². The number of aromatic nitrogens is 1. The van der Waals surface area contributed by atoms with Crippen LogP contribution in [0.3, 0.4) is 0 Å². The van der Waals surface area contributed by atoms with E-state index >= 15 is 4.79 Å². The molecule has 13 rings (SSSR count). The van der Waals surface area contributed by atoms with Gasteiger partial charge in [-0.1, -0.05) is 48.5 Å². The highest BCUT2D eigenvalue weighted by atomic mass is 16.5. The Morgan fingerprint density at radius 1 is 0.789 bits per heavy atom. The highest BCUT2D eigenvalue weighted by molar-refractivity contribution is 5.82. The summed E-state index contributed by atoms with van der Waals surface area (Å²) in [4.78, 5) is 18.9. The van der Waals surface area contributed by atoms with Gasteiger partial charge in [-0.25, -0.2) is 0 Å². The molecule has 1 heterocycles. The Kier molecular flexibility index (Phi) is 13.0. The molecular formula is C63H70N2O11. The Balaban J connectivity index is 1.04. The monoisotopic (exact) mass is 1030 g/mol. The molecule has 0 saturated heterocycles. The number of aryl methyl sites for hydroxylation is 1. The quantitative estimate of drug-likeness (QED) is 0.0341. The van der Waals surface area contributed by atoms with Crippen LogP contribution in [0.2, 0.25) is 0 Å². The first-order chi connectivity index (χ1) is 36.8. The van der Waals surface area contributed by atoms with Gasteiger partial charge in [0.05, 0.1) is 6.10 Å². The highest BCUT2D eigenvalue weighted by Crippen LogP contribution is 2.77. The van der Waals surface area contributed by atoms with E-state index in [9.17, 15) is 40.9 Å². The molecule has 7 aliphatic rings. The number of hydrogen-bond donors (Lipinski definition) is 10. The third-order valence-corrected chi connectivity index (χ3v) is 19.8.